The minimum absolute atomic E-state index is 0.127. The van der Waals surface area contributed by atoms with Crippen molar-refractivity contribution in [1.82, 2.24) is 0 Å². The molecule has 0 fully saturated rings. The first-order valence-corrected chi connectivity index (χ1v) is 8.99. The Hall–Kier alpha value is -3.61. The topological polar surface area (TPSA) is 99.1 Å². The summed E-state index contributed by atoms with van der Waals surface area (Å²) in [6, 6.07) is 10.8. The second-order valence-corrected chi connectivity index (χ2v) is 6.13. The Labute approximate surface area is 168 Å². The van der Waals surface area contributed by atoms with Gasteiger partial charge in [0.1, 0.15) is 11.5 Å². The molecule has 0 saturated carbocycles. The van der Waals surface area contributed by atoms with Crippen molar-refractivity contribution >= 4 is 17.9 Å². The van der Waals surface area contributed by atoms with Gasteiger partial charge in [0.25, 0.3) is 0 Å². The van der Waals surface area contributed by atoms with Crippen LogP contribution in [-0.4, -0.2) is 36.2 Å². The van der Waals surface area contributed by atoms with Gasteiger partial charge in [0.05, 0.1) is 24.3 Å². The standard InChI is InChI=1S/C22H22O7/c1-3-20(23)28-13-5-4-12-27-18-9-6-16(7-10-18)22(26)29-19-11-8-17(21(24)25)14-15(19)2/h3,6-11,14H,1,4-5,12-13H2,2H3,(H,24,25). The summed E-state index contributed by atoms with van der Waals surface area (Å²) >= 11 is 0. The molecule has 7 nitrogen and oxygen atoms in total. The predicted molar refractivity (Wildman–Crippen MR) is 105 cm³/mol. The highest BCUT2D eigenvalue weighted by Crippen LogP contribution is 2.21. The van der Waals surface area contributed by atoms with Crippen molar-refractivity contribution in [2.24, 2.45) is 0 Å². The summed E-state index contributed by atoms with van der Waals surface area (Å²) in [6.45, 7) is 5.75. The molecule has 7 heteroatoms. The molecule has 0 spiro atoms. The summed E-state index contributed by atoms with van der Waals surface area (Å²) in [5, 5.41) is 8.98. The van der Waals surface area contributed by atoms with Crippen LogP contribution in [-0.2, 0) is 9.53 Å². The van der Waals surface area contributed by atoms with Crippen LogP contribution in [0.5, 0.6) is 11.5 Å². The molecule has 2 aromatic carbocycles. The summed E-state index contributed by atoms with van der Waals surface area (Å²) in [6.07, 6.45) is 2.50. The van der Waals surface area contributed by atoms with Crippen LogP contribution >= 0.6 is 0 Å². The Balaban J connectivity index is 1.82. The van der Waals surface area contributed by atoms with Gasteiger partial charge in [0.15, 0.2) is 0 Å². The second kappa shape index (κ2) is 10.7. The number of esters is 2. The maximum Gasteiger partial charge on any atom is 0.343 e. The smallest absolute Gasteiger partial charge is 0.343 e. The van der Waals surface area contributed by atoms with Crippen LogP contribution in [0.4, 0.5) is 0 Å². The van der Waals surface area contributed by atoms with Crippen molar-refractivity contribution < 1.29 is 33.7 Å². The molecule has 0 aliphatic heterocycles. The lowest BCUT2D eigenvalue weighted by Crippen LogP contribution is -2.10. The first-order valence-electron chi connectivity index (χ1n) is 8.99. The van der Waals surface area contributed by atoms with Gasteiger partial charge < -0.3 is 19.3 Å². The van der Waals surface area contributed by atoms with Gasteiger partial charge in [0, 0.05) is 6.08 Å². The summed E-state index contributed by atoms with van der Waals surface area (Å²) in [4.78, 5) is 34.1. The van der Waals surface area contributed by atoms with Gasteiger partial charge in [-0.05, 0) is 67.8 Å². The van der Waals surface area contributed by atoms with Crippen LogP contribution in [0.1, 0.15) is 39.1 Å². The van der Waals surface area contributed by atoms with E-state index in [9.17, 15) is 14.4 Å². The van der Waals surface area contributed by atoms with Gasteiger partial charge in [-0.3, -0.25) is 0 Å². The zero-order valence-corrected chi connectivity index (χ0v) is 16.1. The Kier molecular flexibility index (Phi) is 7.97. The molecule has 0 unspecified atom stereocenters. The Morgan fingerprint density at radius 2 is 1.66 bits per heavy atom. The van der Waals surface area contributed by atoms with E-state index in [0.29, 0.717) is 48.7 Å². The molecule has 0 heterocycles. The summed E-state index contributed by atoms with van der Waals surface area (Å²) in [5.74, 6) is -1.13. The summed E-state index contributed by atoms with van der Waals surface area (Å²) < 4.78 is 15.8. The Morgan fingerprint density at radius 3 is 2.28 bits per heavy atom. The average molecular weight is 398 g/mol. The first-order chi connectivity index (χ1) is 13.9. The molecule has 0 bridgehead atoms. The van der Waals surface area contributed by atoms with Crippen molar-refractivity contribution in [3.8, 4) is 11.5 Å². The lowest BCUT2D eigenvalue weighted by Gasteiger charge is -2.09. The van der Waals surface area contributed by atoms with Crippen LogP contribution in [0.25, 0.3) is 0 Å². The van der Waals surface area contributed by atoms with Gasteiger partial charge in [-0.1, -0.05) is 6.58 Å². The Morgan fingerprint density at radius 1 is 1.00 bits per heavy atom. The average Bonchev–Trinajstić information content (AvgIpc) is 2.72. The molecule has 0 aromatic heterocycles. The van der Waals surface area contributed by atoms with E-state index in [4.69, 9.17) is 19.3 Å². The number of aryl methyl sites for hydroxylation is 1. The normalized spacial score (nSPS) is 10.1. The van der Waals surface area contributed by atoms with Gasteiger partial charge in [-0.2, -0.15) is 0 Å². The minimum Gasteiger partial charge on any atom is -0.494 e. The SMILES string of the molecule is C=CC(=O)OCCCCOc1ccc(C(=O)Oc2ccc(C(=O)O)cc2C)cc1. The molecular weight excluding hydrogens is 376 g/mol. The van der Waals surface area contributed by atoms with E-state index in [1.165, 1.54) is 18.2 Å². The third-order valence-electron chi connectivity index (χ3n) is 3.93. The molecule has 0 saturated heterocycles. The Bertz CT molecular complexity index is 885. The lowest BCUT2D eigenvalue weighted by molar-refractivity contribution is -0.137. The maximum atomic E-state index is 12.3. The van der Waals surface area contributed by atoms with E-state index < -0.39 is 17.9 Å². The van der Waals surface area contributed by atoms with Crippen LogP contribution < -0.4 is 9.47 Å². The van der Waals surface area contributed by atoms with Crippen molar-refractivity contribution in [2.75, 3.05) is 13.2 Å². The van der Waals surface area contributed by atoms with Crippen molar-refractivity contribution in [3.05, 3.63) is 71.8 Å². The highest BCUT2D eigenvalue weighted by molar-refractivity contribution is 5.92. The van der Waals surface area contributed by atoms with E-state index in [-0.39, 0.29) is 5.56 Å². The molecule has 0 aliphatic rings. The first kappa shape index (κ1) is 21.7. The van der Waals surface area contributed by atoms with Gasteiger partial charge >= 0.3 is 17.9 Å². The monoisotopic (exact) mass is 398 g/mol. The third kappa shape index (κ3) is 6.80. The van der Waals surface area contributed by atoms with Crippen molar-refractivity contribution in [1.29, 1.82) is 0 Å². The van der Waals surface area contributed by atoms with E-state index >= 15 is 0 Å². The largest absolute Gasteiger partial charge is 0.494 e. The van der Waals surface area contributed by atoms with Crippen molar-refractivity contribution in [2.45, 2.75) is 19.8 Å². The number of carboxylic acids is 1. The van der Waals surface area contributed by atoms with E-state index in [1.807, 2.05) is 0 Å². The fourth-order valence-electron chi connectivity index (χ4n) is 2.37. The van der Waals surface area contributed by atoms with Crippen molar-refractivity contribution in [3.63, 3.8) is 0 Å². The summed E-state index contributed by atoms with van der Waals surface area (Å²) in [5.41, 5.74) is 1.02. The third-order valence-corrected chi connectivity index (χ3v) is 3.93. The van der Waals surface area contributed by atoms with Gasteiger partial charge in [-0.25, -0.2) is 14.4 Å². The lowest BCUT2D eigenvalue weighted by atomic mass is 10.1. The van der Waals surface area contributed by atoms with Gasteiger partial charge in [-0.15, -0.1) is 0 Å². The number of hydrogen-bond acceptors (Lipinski definition) is 6. The van der Waals surface area contributed by atoms with Crippen LogP contribution in [0.3, 0.4) is 0 Å². The molecule has 29 heavy (non-hydrogen) atoms. The predicted octanol–water partition coefficient (Wildman–Crippen LogP) is 3.80. The number of aromatic carboxylic acids is 1. The van der Waals surface area contributed by atoms with Crippen LogP contribution in [0, 0.1) is 6.92 Å². The second-order valence-electron chi connectivity index (χ2n) is 6.13. The number of unbranched alkanes of at least 4 members (excludes halogenated alkanes) is 1. The molecular formula is C22H22O7. The number of hydrogen-bond donors (Lipinski definition) is 1. The maximum absolute atomic E-state index is 12.3. The molecule has 0 radical (unpaired) electrons. The molecule has 0 amide bonds. The van der Waals surface area contributed by atoms with E-state index in [1.54, 1.807) is 31.2 Å². The minimum atomic E-state index is -1.04. The van der Waals surface area contributed by atoms with E-state index in [0.717, 1.165) is 6.08 Å². The zero-order valence-electron chi connectivity index (χ0n) is 16.1. The number of carboxylic acid groups (broad SMARTS) is 1. The molecule has 0 atom stereocenters. The molecule has 1 N–H and O–H groups in total. The zero-order chi connectivity index (χ0) is 21.2. The van der Waals surface area contributed by atoms with Gasteiger partial charge in [0.2, 0.25) is 0 Å². The number of rotatable bonds is 10. The quantitative estimate of drug-likeness (QED) is 0.281. The fraction of sp³-hybridized carbons (Fsp3) is 0.227. The fourth-order valence-corrected chi connectivity index (χ4v) is 2.37. The highest BCUT2D eigenvalue weighted by atomic mass is 16.5. The molecule has 2 aromatic rings. The summed E-state index contributed by atoms with van der Waals surface area (Å²) in [7, 11) is 0. The van der Waals surface area contributed by atoms with Crippen LogP contribution in [0.15, 0.2) is 55.1 Å². The molecule has 2 rings (SSSR count). The number of carbonyl (C=O) groups excluding carboxylic acids is 2. The number of benzene rings is 2. The van der Waals surface area contributed by atoms with Crippen LogP contribution in [0.2, 0.25) is 0 Å². The highest BCUT2D eigenvalue weighted by Gasteiger charge is 2.12. The number of carbonyl (C=O) groups is 3. The molecule has 152 valence electrons. The number of ether oxygens (including phenoxy) is 3. The molecule has 0 aliphatic carbocycles. The van der Waals surface area contributed by atoms with E-state index in [2.05, 4.69) is 6.58 Å².